The molecule has 4 fully saturated rings. The van der Waals surface area contributed by atoms with Crippen molar-refractivity contribution in [1.29, 1.82) is 0 Å². The molecule has 0 aromatic heterocycles. The molecule has 4 N–H and O–H groups in total. The second-order valence-electron chi connectivity index (χ2n) is 13.1. The Morgan fingerprint density at radius 1 is 1.12 bits per heavy atom. The van der Waals surface area contributed by atoms with E-state index < -0.39 is 6.03 Å². The molecule has 6 heteroatoms. The molecule has 0 radical (unpaired) electrons. The molecule has 0 aromatic carbocycles. The molecule has 34 heavy (non-hydrogen) atoms. The van der Waals surface area contributed by atoms with Crippen LogP contribution in [-0.2, 0) is 4.79 Å². The normalized spacial score (nSPS) is 41.8. The first-order valence-corrected chi connectivity index (χ1v) is 13.9. The summed E-state index contributed by atoms with van der Waals surface area (Å²) < 4.78 is 0. The number of carbonyl (C=O) groups is 2. The van der Waals surface area contributed by atoms with E-state index in [2.05, 4.69) is 50.5 Å². The number of carbonyl (C=O) groups excluding carboxylic acids is 2. The number of nitrogens with zero attached hydrogens (tertiary/aromatic N) is 1. The van der Waals surface area contributed by atoms with E-state index in [0.717, 1.165) is 36.3 Å². The number of nitrogens with one attached hydrogen (secondary N) is 2. The van der Waals surface area contributed by atoms with Crippen molar-refractivity contribution in [3.8, 4) is 0 Å². The van der Waals surface area contributed by atoms with Crippen LogP contribution in [0.5, 0.6) is 0 Å². The Balaban J connectivity index is 1.59. The van der Waals surface area contributed by atoms with Crippen molar-refractivity contribution in [1.82, 2.24) is 10.7 Å². The first-order chi connectivity index (χ1) is 16.1. The summed E-state index contributed by atoms with van der Waals surface area (Å²) in [6.45, 7) is 12.8. The molecule has 192 valence electrons. The molecule has 3 saturated carbocycles. The topological polar surface area (TPSA) is 96.6 Å². The van der Waals surface area contributed by atoms with Gasteiger partial charge in [0.2, 0.25) is 5.91 Å². The van der Waals surface area contributed by atoms with E-state index in [1.165, 1.54) is 44.9 Å². The summed E-state index contributed by atoms with van der Waals surface area (Å²) in [6, 6.07) is -0.612. The van der Waals surface area contributed by atoms with E-state index in [1.54, 1.807) is 0 Å². The summed E-state index contributed by atoms with van der Waals surface area (Å²) in [7, 11) is 0. The highest BCUT2D eigenvalue weighted by molar-refractivity contribution is 5.91. The smallest absolute Gasteiger partial charge is 0.332 e. The standard InChI is InChI=1S/C28H48N4O2/c1-17(2)7-6-8-18(3)20-9-10-21-19-15-24(31-32-26(29)34)23-16-30-25(33)12-14-28(23,5)22(19)11-13-27(20,21)4/h17-23H,6-16H2,1-5H3,(H,30,33)(H3,29,32,34)/b31-24+/t18-,19+,20-,21+,22+,23-,27-,28-/m1/s1. The number of amides is 3. The second kappa shape index (κ2) is 9.81. The van der Waals surface area contributed by atoms with Gasteiger partial charge in [-0.3, -0.25) is 4.79 Å². The van der Waals surface area contributed by atoms with Crippen molar-refractivity contribution >= 4 is 17.6 Å². The molecule has 4 aliphatic rings. The zero-order valence-electron chi connectivity index (χ0n) is 22.2. The van der Waals surface area contributed by atoms with Crippen molar-refractivity contribution in [2.24, 2.45) is 63.1 Å². The Morgan fingerprint density at radius 3 is 2.56 bits per heavy atom. The van der Waals surface area contributed by atoms with Crippen molar-refractivity contribution in [2.75, 3.05) is 6.54 Å². The van der Waals surface area contributed by atoms with Crippen LogP contribution in [0.2, 0.25) is 0 Å². The quantitative estimate of drug-likeness (QED) is 0.447. The average molecular weight is 473 g/mol. The third kappa shape index (κ3) is 4.63. The molecule has 0 spiro atoms. The Bertz CT molecular complexity index is 810. The maximum absolute atomic E-state index is 12.3. The van der Waals surface area contributed by atoms with Gasteiger partial charge in [0.05, 0.1) is 0 Å². The lowest BCUT2D eigenvalue weighted by Gasteiger charge is -2.59. The number of rotatable bonds is 6. The second-order valence-corrected chi connectivity index (χ2v) is 13.1. The molecule has 1 saturated heterocycles. The minimum absolute atomic E-state index is 0.0303. The number of nitrogens with two attached hydrogens (primary N) is 1. The molecule has 0 bridgehead atoms. The zero-order chi connectivity index (χ0) is 24.7. The predicted molar refractivity (Wildman–Crippen MR) is 137 cm³/mol. The Labute approximate surface area is 206 Å². The fraction of sp³-hybridized carbons (Fsp3) is 0.893. The molecule has 0 aromatic rings. The van der Waals surface area contributed by atoms with Gasteiger partial charge in [0, 0.05) is 24.6 Å². The van der Waals surface area contributed by atoms with Crippen molar-refractivity contribution in [2.45, 2.75) is 98.8 Å². The predicted octanol–water partition coefficient (Wildman–Crippen LogP) is 5.47. The zero-order valence-corrected chi connectivity index (χ0v) is 22.2. The maximum atomic E-state index is 12.3. The van der Waals surface area contributed by atoms with Gasteiger partial charge in [-0.05, 0) is 84.9 Å². The highest BCUT2D eigenvalue weighted by atomic mass is 16.2. The van der Waals surface area contributed by atoms with Crippen LogP contribution in [-0.4, -0.2) is 24.2 Å². The molecule has 4 rings (SSSR count). The molecular formula is C28H48N4O2. The summed E-state index contributed by atoms with van der Waals surface area (Å²) in [5.74, 6) is 4.58. The first-order valence-electron chi connectivity index (χ1n) is 13.9. The van der Waals surface area contributed by atoms with Crippen molar-refractivity contribution in [3.05, 3.63) is 0 Å². The van der Waals surface area contributed by atoms with E-state index in [4.69, 9.17) is 5.73 Å². The number of hydrazone groups is 1. The molecule has 3 aliphatic carbocycles. The number of urea groups is 1. The lowest BCUT2D eigenvalue weighted by molar-refractivity contribution is -0.121. The van der Waals surface area contributed by atoms with Crippen LogP contribution in [0.15, 0.2) is 5.10 Å². The van der Waals surface area contributed by atoms with Gasteiger partial charge in [0.15, 0.2) is 0 Å². The largest absolute Gasteiger partial charge is 0.355 e. The molecule has 3 amide bonds. The van der Waals surface area contributed by atoms with Crippen molar-refractivity contribution < 1.29 is 9.59 Å². The van der Waals surface area contributed by atoms with Crippen LogP contribution in [0.4, 0.5) is 4.79 Å². The summed E-state index contributed by atoms with van der Waals surface area (Å²) in [6.07, 6.45) is 11.7. The first kappa shape index (κ1) is 25.5. The van der Waals surface area contributed by atoms with Gasteiger partial charge < -0.3 is 11.1 Å². The Hall–Kier alpha value is -1.59. The van der Waals surface area contributed by atoms with Gasteiger partial charge >= 0.3 is 6.03 Å². The van der Waals surface area contributed by atoms with Gasteiger partial charge in [-0.25, -0.2) is 10.2 Å². The minimum atomic E-state index is -0.612. The average Bonchev–Trinajstić information content (AvgIpc) is 3.04. The van der Waals surface area contributed by atoms with E-state index >= 15 is 0 Å². The van der Waals surface area contributed by atoms with Gasteiger partial charge in [-0.15, -0.1) is 0 Å². The van der Waals surface area contributed by atoms with E-state index in [9.17, 15) is 9.59 Å². The van der Waals surface area contributed by atoms with Gasteiger partial charge in [-0.1, -0.05) is 53.9 Å². The molecule has 1 aliphatic heterocycles. The number of hydrogen-bond acceptors (Lipinski definition) is 3. The maximum Gasteiger partial charge on any atom is 0.332 e. The molecule has 6 nitrogen and oxygen atoms in total. The van der Waals surface area contributed by atoms with Crippen LogP contribution >= 0.6 is 0 Å². The molecule has 8 atom stereocenters. The summed E-state index contributed by atoms with van der Waals surface area (Å²) >= 11 is 0. The van der Waals surface area contributed by atoms with Gasteiger partial charge in [-0.2, -0.15) is 5.10 Å². The van der Waals surface area contributed by atoms with Crippen LogP contribution in [0.1, 0.15) is 98.8 Å². The summed E-state index contributed by atoms with van der Waals surface area (Å²) in [5.41, 5.74) is 9.39. The summed E-state index contributed by atoms with van der Waals surface area (Å²) in [4.78, 5) is 23.8. The minimum Gasteiger partial charge on any atom is -0.355 e. The third-order valence-corrected chi connectivity index (χ3v) is 10.8. The highest BCUT2D eigenvalue weighted by Gasteiger charge is 2.61. The van der Waals surface area contributed by atoms with E-state index in [-0.39, 0.29) is 17.2 Å². The number of fused-ring (bicyclic) bond motifs is 5. The van der Waals surface area contributed by atoms with Crippen molar-refractivity contribution in [3.63, 3.8) is 0 Å². The third-order valence-electron chi connectivity index (χ3n) is 10.8. The van der Waals surface area contributed by atoms with Crippen LogP contribution in [0.25, 0.3) is 0 Å². The highest BCUT2D eigenvalue weighted by Crippen LogP contribution is 2.67. The SMILES string of the molecule is CC(C)CCC[C@@H](C)[C@H]1CC[C@H]2[C@@H]3C/C(=N\NC(N)=O)[C@H]4CNC(=O)CC[C@]4(C)[C@H]3CC[C@]12C. The monoisotopic (exact) mass is 472 g/mol. The van der Waals surface area contributed by atoms with E-state index in [1.807, 2.05) is 0 Å². The van der Waals surface area contributed by atoms with E-state index in [0.29, 0.717) is 36.1 Å². The fourth-order valence-corrected chi connectivity index (χ4v) is 9.09. The summed E-state index contributed by atoms with van der Waals surface area (Å²) in [5, 5.41) is 7.68. The number of primary amides is 1. The molecule has 0 unspecified atom stereocenters. The number of hydrogen-bond donors (Lipinski definition) is 3. The Morgan fingerprint density at radius 2 is 1.85 bits per heavy atom. The lowest BCUT2D eigenvalue weighted by atomic mass is 9.45. The molecular weight excluding hydrogens is 424 g/mol. The molecule has 1 heterocycles. The van der Waals surface area contributed by atoms with Gasteiger partial charge in [0.25, 0.3) is 0 Å². The Kier molecular flexibility index (Phi) is 7.36. The van der Waals surface area contributed by atoms with Gasteiger partial charge in [0.1, 0.15) is 0 Å². The lowest BCUT2D eigenvalue weighted by Crippen LogP contribution is -2.56. The fourth-order valence-electron chi connectivity index (χ4n) is 9.09. The van der Waals surface area contributed by atoms with Crippen LogP contribution in [0, 0.1) is 52.3 Å². The van der Waals surface area contributed by atoms with Crippen LogP contribution in [0.3, 0.4) is 0 Å². The van der Waals surface area contributed by atoms with Crippen LogP contribution < -0.4 is 16.5 Å².